The van der Waals surface area contributed by atoms with Crippen LogP contribution in [0.4, 0.5) is 5.69 Å². The molecule has 1 aromatic heterocycles. The van der Waals surface area contributed by atoms with E-state index in [2.05, 4.69) is 26.2 Å². The van der Waals surface area contributed by atoms with E-state index in [1.54, 1.807) is 18.3 Å². The van der Waals surface area contributed by atoms with Gasteiger partial charge in [-0.1, -0.05) is 30.3 Å². The number of methoxy groups -OCH3 is 1. The Balaban J connectivity index is 2.11. The summed E-state index contributed by atoms with van der Waals surface area (Å²) < 4.78 is 5.97. The zero-order chi connectivity index (χ0) is 13.7. The summed E-state index contributed by atoms with van der Waals surface area (Å²) in [5.41, 5.74) is 1.44. The second kappa shape index (κ2) is 6.45. The highest BCUT2D eigenvalue weighted by atomic mass is 79.9. The van der Waals surface area contributed by atoms with Crippen molar-refractivity contribution in [2.45, 2.75) is 6.10 Å². The van der Waals surface area contributed by atoms with E-state index in [1.807, 2.05) is 30.3 Å². The molecule has 5 heteroatoms. The fourth-order valence-electron chi connectivity index (χ4n) is 1.68. The Hall–Kier alpha value is -1.72. The summed E-state index contributed by atoms with van der Waals surface area (Å²) in [5.74, 6) is -0.224. The topological polar surface area (TPSA) is 51.2 Å². The largest absolute Gasteiger partial charge is 0.367 e. The van der Waals surface area contributed by atoms with Gasteiger partial charge in [0.05, 0.1) is 11.9 Å². The minimum atomic E-state index is -0.634. The number of amides is 1. The smallest absolute Gasteiger partial charge is 0.258 e. The maximum absolute atomic E-state index is 12.2. The molecule has 1 amide bonds. The summed E-state index contributed by atoms with van der Waals surface area (Å²) in [6, 6.07) is 12.9. The van der Waals surface area contributed by atoms with Crippen LogP contribution in [0.5, 0.6) is 0 Å². The third-order valence-corrected chi connectivity index (χ3v) is 3.04. The molecule has 19 heavy (non-hydrogen) atoms. The van der Waals surface area contributed by atoms with Gasteiger partial charge in [-0.3, -0.25) is 4.79 Å². The molecule has 1 unspecified atom stereocenters. The Morgan fingerprint density at radius 3 is 2.58 bits per heavy atom. The third kappa shape index (κ3) is 3.62. The Morgan fingerprint density at radius 2 is 2.00 bits per heavy atom. The lowest BCUT2D eigenvalue weighted by Gasteiger charge is -2.15. The number of hydrogen-bond acceptors (Lipinski definition) is 3. The van der Waals surface area contributed by atoms with E-state index in [1.165, 1.54) is 7.11 Å². The fourth-order valence-corrected chi connectivity index (χ4v) is 1.91. The highest BCUT2D eigenvalue weighted by molar-refractivity contribution is 9.10. The number of anilines is 1. The van der Waals surface area contributed by atoms with Crippen molar-refractivity contribution in [2.24, 2.45) is 0 Å². The van der Waals surface area contributed by atoms with Crippen molar-refractivity contribution >= 4 is 27.5 Å². The van der Waals surface area contributed by atoms with Crippen LogP contribution in [0.15, 0.2) is 53.3 Å². The van der Waals surface area contributed by atoms with Crippen molar-refractivity contribution in [1.29, 1.82) is 0 Å². The number of halogens is 1. The van der Waals surface area contributed by atoms with Crippen molar-refractivity contribution < 1.29 is 9.53 Å². The third-order valence-electron chi connectivity index (χ3n) is 2.57. The summed E-state index contributed by atoms with van der Waals surface area (Å²) in [7, 11) is 1.51. The van der Waals surface area contributed by atoms with Crippen LogP contribution in [0.1, 0.15) is 11.7 Å². The van der Waals surface area contributed by atoms with Crippen LogP contribution < -0.4 is 5.32 Å². The van der Waals surface area contributed by atoms with Gasteiger partial charge in [0, 0.05) is 7.11 Å². The molecule has 1 heterocycles. The lowest BCUT2D eigenvalue weighted by Crippen LogP contribution is -2.22. The monoisotopic (exact) mass is 320 g/mol. The molecule has 2 aromatic rings. The molecule has 0 aliphatic carbocycles. The van der Waals surface area contributed by atoms with Crippen LogP contribution in [-0.4, -0.2) is 18.0 Å². The van der Waals surface area contributed by atoms with Crippen LogP contribution in [0.25, 0.3) is 0 Å². The average molecular weight is 321 g/mol. The molecule has 4 nitrogen and oxygen atoms in total. The van der Waals surface area contributed by atoms with E-state index < -0.39 is 6.10 Å². The van der Waals surface area contributed by atoms with Gasteiger partial charge in [0.25, 0.3) is 5.91 Å². The number of nitrogens with one attached hydrogen (secondary N) is 1. The molecule has 98 valence electrons. The first kappa shape index (κ1) is 13.7. The van der Waals surface area contributed by atoms with Crippen molar-refractivity contribution in [1.82, 2.24) is 4.98 Å². The number of pyridine rings is 1. The molecule has 0 spiro atoms. The van der Waals surface area contributed by atoms with Crippen LogP contribution >= 0.6 is 15.9 Å². The Bertz CT molecular complexity index is 543. The Labute approximate surface area is 119 Å². The number of ether oxygens (including phenoxy) is 1. The van der Waals surface area contributed by atoms with Crippen molar-refractivity contribution in [3.8, 4) is 0 Å². The number of rotatable bonds is 4. The highest BCUT2D eigenvalue weighted by Gasteiger charge is 2.19. The maximum Gasteiger partial charge on any atom is 0.258 e. The summed E-state index contributed by atoms with van der Waals surface area (Å²) >= 11 is 3.24. The first-order valence-corrected chi connectivity index (χ1v) is 6.50. The SMILES string of the molecule is COC(C(=O)Nc1ccc(Br)nc1)c1ccccc1. The van der Waals surface area contributed by atoms with E-state index in [4.69, 9.17) is 4.74 Å². The molecule has 0 saturated carbocycles. The Morgan fingerprint density at radius 1 is 1.26 bits per heavy atom. The summed E-state index contributed by atoms with van der Waals surface area (Å²) in [4.78, 5) is 16.2. The molecule has 1 aromatic carbocycles. The summed E-state index contributed by atoms with van der Waals surface area (Å²) in [5, 5.41) is 2.77. The van der Waals surface area contributed by atoms with Gasteiger partial charge in [0.15, 0.2) is 6.10 Å². The van der Waals surface area contributed by atoms with Crippen molar-refractivity contribution in [3.05, 3.63) is 58.8 Å². The standard InChI is InChI=1S/C14H13BrN2O2/c1-19-13(10-5-3-2-4-6-10)14(18)17-11-7-8-12(15)16-9-11/h2-9,13H,1H3,(H,17,18). The molecule has 2 rings (SSSR count). The number of carbonyl (C=O) groups excluding carboxylic acids is 1. The number of benzene rings is 1. The number of carbonyl (C=O) groups is 1. The quantitative estimate of drug-likeness (QED) is 0.880. The lowest BCUT2D eigenvalue weighted by molar-refractivity contribution is -0.126. The van der Waals surface area contributed by atoms with E-state index in [9.17, 15) is 4.79 Å². The molecular formula is C14H13BrN2O2. The van der Waals surface area contributed by atoms with Gasteiger partial charge in [0.1, 0.15) is 4.60 Å². The van der Waals surface area contributed by atoms with Gasteiger partial charge in [-0.05, 0) is 33.6 Å². The molecule has 1 atom stereocenters. The molecule has 0 saturated heterocycles. The van der Waals surface area contributed by atoms with Crippen molar-refractivity contribution in [3.63, 3.8) is 0 Å². The van der Waals surface area contributed by atoms with E-state index in [0.29, 0.717) is 5.69 Å². The summed E-state index contributed by atoms with van der Waals surface area (Å²) in [6.07, 6.45) is 0.949. The predicted octanol–water partition coefficient (Wildman–Crippen LogP) is 3.17. The zero-order valence-corrected chi connectivity index (χ0v) is 11.9. The molecule has 0 bridgehead atoms. The number of hydrogen-bond donors (Lipinski definition) is 1. The van der Waals surface area contributed by atoms with Gasteiger partial charge in [0.2, 0.25) is 0 Å². The number of nitrogens with zero attached hydrogens (tertiary/aromatic N) is 1. The predicted molar refractivity (Wildman–Crippen MR) is 76.8 cm³/mol. The van der Waals surface area contributed by atoms with Gasteiger partial charge in [-0.15, -0.1) is 0 Å². The first-order chi connectivity index (χ1) is 9.20. The molecule has 1 N–H and O–H groups in total. The van der Waals surface area contributed by atoms with E-state index in [-0.39, 0.29) is 5.91 Å². The minimum absolute atomic E-state index is 0.224. The normalized spacial score (nSPS) is 11.9. The zero-order valence-electron chi connectivity index (χ0n) is 10.3. The lowest BCUT2D eigenvalue weighted by atomic mass is 10.1. The van der Waals surface area contributed by atoms with E-state index in [0.717, 1.165) is 10.2 Å². The minimum Gasteiger partial charge on any atom is -0.367 e. The Kier molecular flexibility index (Phi) is 4.65. The van der Waals surface area contributed by atoms with Gasteiger partial charge in [-0.25, -0.2) is 4.98 Å². The van der Waals surface area contributed by atoms with Gasteiger partial charge < -0.3 is 10.1 Å². The van der Waals surface area contributed by atoms with E-state index >= 15 is 0 Å². The maximum atomic E-state index is 12.2. The molecular weight excluding hydrogens is 308 g/mol. The van der Waals surface area contributed by atoms with Crippen LogP contribution in [0, 0.1) is 0 Å². The first-order valence-electron chi connectivity index (χ1n) is 5.71. The van der Waals surface area contributed by atoms with Crippen molar-refractivity contribution in [2.75, 3.05) is 12.4 Å². The van der Waals surface area contributed by atoms with Gasteiger partial charge in [-0.2, -0.15) is 0 Å². The number of aromatic nitrogens is 1. The molecule has 0 aliphatic heterocycles. The van der Waals surface area contributed by atoms with Crippen LogP contribution in [-0.2, 0) is 9.53 Å². The van der Waals surface area contributed by atoms with Crippen LogP contribution in [0.2, 0.25) is 0 Å². The van der Waals surface area contributed by atoms with Crippen LogP contribution in [0.3, 0.4) is 0 Å². The molecule has 0 radical (unpaired) electrons. The second-order valence-corrected chi connectivity index (χ2v) is 4.70. The fraction of sp³-hybridized carbons (Fsp3) is 0.143. The second-order valence-electron chi connectivity index (χ2n) is 3.89. The molecule has 0 aliphatic rings. The summed E-state index contributed by atoms with van der Waals surface area (Å²) in [6.45, 7) is 0. The van der Waals surface area contributed by atoms with Gasteiger partial charge >= 0.3 is 0 Å². The highest BCUT2D eigenvalue weighted by Crippen LogP contribution is 2.19. The molecule has 0 fully saturated rings. The average Bonchev–Trinajstić information content (AvgIpc) is 2.43.